The van der Waals surface area contributed by atoms with E-state index in [0.29, 0.717) is 17.0 Å². The first kappa shape index (κ1) is 24.4. The van der Waals surface area contributed by atoms with E-state index in [1.54, 1.807) is 24.3 Å². The normalized spacial score (nSPS) is 29.0. The number of hydrogen-bond acceptors (Lipinski definition) is 6. The molecule has 1 N–H and O–H groups in total. The topological polar surface area (TPSA) is 102 Å². The third-order valence-electron chi connectivity index (χ3n) is 8.65. The van der Waals surface area contributed by atoms with Gasteiger partial charge < -0.3 is 9.47 Å². The number of ether oxygens (including phenoxy) is 2. The monoisotopic (exact) mass is 514 g/mol. The zero-order valence-corrected chi connectivity index (χ0v) is 21.3. The number of benzene rings is 2. The van der Waals surface area contributed by atoms with Gasteiger partial charge in [-0.2, -0.15) is 0 Å². The van der Waals surface area contributed by atoms with Crippen LogP contribution in [0.15, 0.2) is 54.1 Å². The third-order valence-corrected chi connectivity index (χ3v) is 8.65. The molecule has 4 saturated carbocycles. The molecule has 0 atom stereocenters. The number of methoxy groups -OCH3 is 1. The molecule has 1 heterocycles. The van der Waals surface area contributed by atoms with Gasteiger partial charge in [-0.15, -0.1) is 0 Å². The Hall–Kier alpha value is -3.94. The van der Waals surface area contributed by atoms with E-state index in [1.165, 1.54) is 57.3 Å². The average molecular weight is 515 g/mol. The molecule has 4 amide bonds. The number of esters is 1. The first-order valence-electron chi connectivity index (χ1n) is 13.2. The lowest BCUT2D eigenvalue weighted by molar-refractivity contribution is -0.143. The highest BCUT2D eigenvalue weighted by Gasteiger charge is 2.51. The number of amides is 4. The van der Waals surface area contributed by atoms with Crippen LogP contribution in [0.5, 0.6) is 5.75 Å². The molecule has 38 heavy (non-hydrogen) atoms. The highest BCUT2D eigenvalue weighted by atomic mass is 16.6. The Morgan fingerprint density at radius 2 is 1.55 bits per heavy atom. The van der Waals surface area contributed by atoms with Crippen LogP contribution in [0.3, 0.4) is 0 Å². The van der Waals surface area contributed by atoms with E-state index in [4.69, 9.17) is 4.74 Å². The molecule has 5 fully saturated rings. The maximum Gasteiger partial charge on any atom is 0.343 e. The number of carbonyl (C=O) groups is 4. The van der Waals surface area contributed by atoms with Crippen molar-refractivity contribution >= 4 is 35.6 Å². The fraction of sp³-hybridized carbons (Fsp3) is 0.400. The smallest absolute Gasteiger partial charge is 0.343 e. The summed E-state index contributed by atoms with van der Waals surface area (Å²) in [6.07, 6.45) is 9.23. The molecule has 8 nitrogen and oxygen atoms in total. The zero-order chi connectivity index (χ0) is 26.4. The summed E-state index contributed by atoms with van der Waals surface area (Å²) in [7, 11) is 1.28. The van der Waals surface area contributed by atoms with E-state index < -0.39 is 23.8 Å². The van der Waals surface area contributed by atoms with Gasteiger partial charge in [-0.3, -0.25) is 14.9 Å². The minimum Gasteiger partial charge on any atom is -0.482 e. The first-order chi connectivity index (χ1) is 18.3. The second-order valence-corrected chi connectivity index (χ2v) is 11.1. The fourth-order valence-electron chi connectivity index (χ4n) is 7.35. The highest BCUT2D eigenvalue weighted by Crippen LogP contribution is 2.60. The predicted molar refractivity (Wildman–Crippen MR) is 139 cm³/mol. The lowest BCUT2D eigenvalue weighted by Crippen LogP contribution is -2.54. The van der Waals surface area contributed by atoms with Gasteiger partial charge in [0.1, 0.15) is 11.3 Å². The molecule has 1 aliphatic heterocycles. The predicted octanol–water partition coefficient (Wildman–Crippen LogP) is 4.37. The van der Waals surface area contributed by atoms with Crippen LogP contribution in [0, 0.1) is 17.8 Å². The van der Waals surface area contributed by atoms with E-state index >= 15 is 0 Å². The zero-order valence-electron chi connectivity index (χ0n) is 21.3. The van der Waals surface area contributed by atoms with Crippen LogP contribution in [-0.2, 0) is 24.5 Å². The second-order valence-electron chi connectivity index (χ2n) is 11.1. The molecule has 5 aliphatic rings. The summed E-state index contributed by atoms with van der Waals surface area (Å²) in [6.45, 7) is -0.226. The average Bonchev–Trinajstić information content (AvgIpc) is 2.90. The molecular formula is C30H30N2O6. The molecular weight excluding hydrogens is 484 g/mol. The number of hydrogen-bond donors (Lipinski definition) is 1. The molecule has 0 aromatic heterocycles. The van der Waals surface area contributed by atoms with E-state index in [9.17, 15) is 19.2 Å². The summed E-state index contributed by atoms with van der Waals surface area (Å²) >= 11 is 0. The molecule has 4 bridgehead atoms. The summed E-state index contributed by atoms with van der Waals surface area (Å²) in [4.78, 5) is 50.9. The largest absolute Gasteiger partial charge is 0.482 e. The van der Waals surface area contributed by atoms with Crippen molar-refractivity contribution in [3.8, 4) is 5.75 Å². The van der Waals surface area contributed by atoms with Crippen molar-refractivity contribution in [2.75, 3.05) is 18.6 Å². The Bertz CT molecular complexity index is 1290. The molecule has 1 saturated heterocycles. The van der Waals surface area contributed by atoms with Gasteiger partial charge in [-0.05, 0) is 103 Å². The Labute approximate surface area is 221 Å². The quantitative estimate of drug-likeness (QED) is 0.349. The number of imide groups is 2. The number of nitrogens with zero attached hydrogens (tertiary/aromatic N) is 1. The maximum atomic E-state index is 13.3. The molecule has 4 aliphatic carbocycles. The van der Waals surface area contributed by atoms with Crippen LogP contribution in [0.1, 0.15) is 49.7 Å². The van der Waals surface area contributed by atoms with Gasteiger partial charge in [0.15, 0.2) is 6.61 Å². The van der Waals surface area contributed by atoms with Gasteiger partial charge in [0.05, 0.1) is 12.8 Å². The van der Waals surface area contributed by atoms with Crippen molar-refractivity contribution in [1.82, 2.24) is 5.32 Å². The van der Waals surface area contributed by atoms with Crippen LogP contribution < -0.4 is 15.0 Å². The minimum atomic E-state index is -0.758. The number of carbonyl (C=O) groups excluding carboxylic acids is 4. The van der Waals surface area contributed by atoms with E-state index in [2.05, 4.69) is 22.2 Å². The Morgan fingerprint density at radius 3 is 2.13 bits per heavy atom. The molecule has 0 unspecified atom stereocenters. The molecule has 8 heteroatoms. The Balaban J connectivity index is 1.21. The van der Waals surface area contributed by atoms with Crippen molar-refractivity contribution in [3.63, 3.8) is 0 Å². The molecule has 0 radical (unpaired) electrons. The standard InChI is InChI=1S/C30H30N2O6/c1-37-26(33)17-38-24-8-2-18(3-9-24)13-25-27(34)31-29(36)32(28(25)35)23-6-4-22(5-7-23)30-14-19-10-20(15-30)12-21(11-19)16-30/h2-9,13,19-21H,10-12,14-17H2,1H3,(H,31,34,36)/b25-13+. The van der Waals surface area contributed by atoms with Crippen LogP contribution in [-0.4, -0.2) is 37.5 Å². The summed E-state index contributed by atoms with van der Waals surface area (Å²) in [6, 6.07) is 13.6. The van der Waals surface area contributed by atoms with Gasteiger partial charge in [0.25, 0.3) is 11.8 Å². The van der Waals surface area contributed by atoms with Gasteiger partial charge in [-0.25, -0.2) is 14.5 Å². The number of urea groups is 1. The van der Waals surface area contributed by atoms with Crippen molar-refractivity contribution in [2.45, 2.75) is 43.9 Å². The van der Waals surface area contributed by atoms with Gasteiger partial charge in [0, 0.05) is 0 Å². The fourth-order valence-corrected chi connectivity index (χ4v) is 7.35. The van der Waals surface area contributed by atoms with Gasteiger partial charge in [0.2, 0.25) is 0 Å². The summed E-state index contributed by atoms with van der Waals surface area (Å²) in [5.74, 6) is 0.983. The SMILES string of the molecule is COC(=O)COc1ccc(/C=C2\C(=O)NC(=O)N(c3ccc(C45CC6CC(CC(C6)C4)C5)cc3)C2=O)cc1. The van der Waals surface area contributed by atoms with E-state index in [1.807, 2.05) is 12.1 Å². The summed E-state index contributed by atoms with van der Waals surface area (Å²) < 4.78 is 9.87. The Kier molecular flexibility index (Phi) is 6.05. The van der Waals surface area contributed by atoms with Crippen LogP contribution in [0.4, 0.5) is 10.5 Å². The molecule has 196 valence electrons. The van der Waals surface area contributed by atoms with Gasteiger partial charge >= 0.3 is 12.0 Å². The van der Waals surface area contributed by atoms with Gasteiger partial charge in [-0.1, -0.05) is 24.3 Å². The minimum absolute atomic E-state index is 0.141. The first-order valence-corrected chi connectivity index (χ1v) is 13.2. The maximum absolute atomic E-state index is 13.3. The molecule has 2 aromatic carbocycles. The molecule has 2 aromatic rings. The van der Waals surface area contributed by atoms with Crippen molar-refractivity contribution in [2.24, 2.45) is 17.8 Å². The van der Waals surface area contributed by atoms with Crippen molar-refractivity contribution in [1.29, 1.82) is 0 Å². The number of anilines is 1. The van der Waals surface area contributed by atoms with Crippen molar-refractivity contribution < 1.29 is 28.7 Å². The molecule has 7 rings (SSSR count). The summed E-state index contributed by atoms with van der Waals surface area (Å²) in [5, 5.41) is 2.29. The highest BCUT2D eigenvalue weighted by molar-refractivity contribution is 6.39. The lowest BCUT2D eigenvalue weighted by Gasteiger charge is -2.57. The van der Waals surface area contributed by atoms with E-state index in [-0.39, 0.29) is 17.6 Å². The number of barbiturate groups is 1. The number of rotatable bonds is 6. The van der Waals surface area contributed by atoms with Crippen molar-refractivity contribution in [3.05, 3.63) is 65.2 Å². The number of nitrogens with one attached hydrogen (secondary N) is 1. The summed E-state index contributed by atoms with van der Waals surface area (Å²) in [5.41, 5.74) is 2.38. The Morgan fingerprint density at radius 1 is 0.947 bits per heavy atom. The third kappa shape index (κ3) is 4.38. The van der Waals surface area contributed by atoms with E-state index in [0.717, 1.165) is 22.7 Å². The molecule has 0 spiro atoms. The van der Waals surface area contributed by atoms with Crippen LogP contribution in [0.2, 0.25) is 0 Å². The lowest BCUT2D eigenvalue weighted by atomic mass is 9.48. The van der Waals surface area contributed by atoms with Crippen LogP contribution >= 0.6 is 0 Å². The second kappa shape index (κ2) is 9.42. The van der Waals surface area contributed by atoms with Crippen LogP contribution in [0.25, 0.3) is 6.08 Å².